The topological polar surface area (TPSA) is 75.3 Å². The van der Waals surface area contributed by atoms with Crippen LogP contribution in [0.4, 0.5) is 0 Å². The maximum absolute atomic E-state index is 9.40. The molecule has 0 spiro atoms. The van der Waals surface area contributed by atoms with E-state index in [4.69, 9.17) is 0 Å². The van der Waals surface area contributed by atoms with Gasteiger partial charge in [-0.15, -0.1) is 0 Å². The van der Waals surface area contributed by atoms with E-state index in [2.05, 4.69) is 26.0 Å². The molecule has 24 heavy (non-hydrogen) atoms. The normalized spacial score (nSPS) is 10.8. The molecule has 0 aliphatic carbocycles. The molecule has 114 valence electrons. The van der Waals surface area contributed by atoms with Gasteiger partial charge in [-0.3, -0.25) is 0 Å². The maximum atomic E-state index is 9.40. The lowest BCUT2D eigenvalue weighted by molar-refractivity contribution is 1.02. The lowest BCUT2D eigenvalue weighted by Crippen LogP contribution is -1.97. The van der Waals surface area contributed by atoms with Crippen LogP contribution in [0, 0.1) is 18.3 Å². The Hall–Kier alpha value is -3.04. The highest BCUT2D eigenvalue weighted by atomic mass is 32.2. The van der Waals surface area contributed by atoms with Crippen molar-refractivity contribution in [3.63, 3.8) is 0 Å². The summed E-state index contributed by atoms with van der Waals surface area (Å²) in [6.45, 7) is 1.91. The maximum Gasteiger partial charge on any atom is 0.173 e. The third-order valence-corrected chi connectivity index (χ3v) is 4.60. The molecule has 2 aromatic carbocycles. The number of rotatable bonds is 2. The Morgan fingerprint density at radius 2 is 1.25 bits per heavy atom. The Kier molecular flexibility index (Phi) is 3.56. The van der Waals surface area contributed by atoms with Gasteiger partial charge in [-0.25, -0.2) is 19.9 Å². The molecule has 2 heterocycles. The van der Waals surface area contributed by atoms with Gasteiger partial charge in [0.25, 0.3) is 0 Å². The second-order valence-corrected chi connectivity index (χ2v) is 6.16. The fourth-order valence-corrected chi connectivity index (χ4v) is 3.24. The number of para-hydroxylation sites is 4. The fourth-order valence-electron chi connectivity index (χ4n) is 2.39. The van der Waals surface area contributed by atoms with Crippen molar-refractivity contribution in [1.29, 1.82) is 5.26 Å². The molecule has 0 aliphatic rings. The molecule has 2 aromatic heterocycles. The Balaban J connectivity index is 1.84. The van der Waals surface area contributed by atoms with E-state index in [0.29, 0.717) is 16.2 Å². The molecule has 0 fully saturated rings. The van der Waals surface area contributed by atoms with E-state index < -0.39 is 0 Å². The molecule has 0 aliphatic heterocycles. The summed E-state index contributed by atoms with van der Waals surface area (Å²) in [6, 6.07) is 17.3. The van der Waals surface area contributed by atoms with Crippen molar-refractivity contribution in [2.45, 2.75) is 17.0 Å². The molecule has 4 aromatic rings. The second kappa shape index (κ2) is 5.87. The van der Waals surface area contributed by atoms with Crippen molar-refractivity contribution in [1.82, 2.24) is 19.9 Å². The average molecular weight is 329 g/mol. The molecule has 0 atom stereocenters. The molecule has 5 nitrogen and oxygen atoms in total. The van der Waals surface area contributed by atoms with Crippen LogP contribution in [0.5, 0.6) is 0 Å². The van der Waals surface area contributed by atoms with Crippen LogP contribution in [0.1, 0.15) is 11.4 Å². The number of aromatic nitrogens is 4. The van der Waals surface area contributed by atoms with Gasteiger partial charge in [0.15, 0.2) is 5.69 Å². The van der Waals surface area contributed by atoms with Crippen LogP contribution in [0.3, 0.4) is 0 Å². The van der Waals surface area contributed by atoms with Crippen molar-refractivity contribution >= 4 is 33.8 Å². The van der Waals surface area contributed by atoms with Crippen molar-refractivity contribution in [2.75, 3.05) is 0 Å². The molecule has 0 bridgehead atoms. The lowest BCUT2D eigenvalue weighted by atomic mass is 10.3. The molecule has 0 N–H and O–H groups in total. The number of aryl methyl sites for hydroxylation is 1. The summed E-state index contributed by atoms with van der Waals surface area (Å²) < 4.78 is 0. The van der Waals surface area contributed by atoms with E-state index in [1.165, 1.54) is 11.8 Å². The third-order valence-electron chi connectivity index (χ3n) is 3.54. The second-order valence-electron chi connectivity index (χ2n) is 5.18. The first kappa shape index (κ1) is 14.5. The SMILES string of the molecule is Cc1nc2ccccc2nc1Sc1nc2ccccc2nc1C#N. The Bertz CT molecular complexity index is 1120. The molecular formula is C18H11N5S. The van der Waals surface area contributed by atoms with Gasteiger partial charge < -0.3 is 0 Å². The van der Waals surface area contributed by atoms with E-state index >= 15 is 0 Å². The first-order chi connectivity index (χ1) is 11.7. The van der Waals surface area contributed by atoms with Gasteiger partial charge in [0.1, 0.15) is 16.1 Å². The van der Waals surface area contributed by atoms with Gasteiger partial charge in [0.05, 0.1) is 27.8 Å². The lowest BCUT2D eigenvalue weighted by Gasteiger charge is -2.07. The molecule has 0 saturated heterocycles. The zero-order valence-electron chi connectivity index (χ0n) is 12.8. The predicted molar refractivity (Wildman–Crippen MR) is 92.7 cm³/mol. The first-order valence-electron chi connectivity index (χ1n) is 7.33. The van der Waals surface area contributed by atoms with Crippen LogP contribution < -0.4 is 0 Å². The van der Waals surface area contributed by atoms with Gasteiger partial charge in [-0.1, -0.05) is 24.3 Å². The van der Waals surface area contributed by atoms with E-state index in [9.17, 15) is 5.26 Å². The van der Waals surface area contributed by atoms with Crippen LogP contribution >= 0.6 is 11.8 Å². The quantitative estimate of drug-likeness (QED) is 0.555. The number of hydrogen-bond acceptors (Lipinski definition) is 6. The van der Waals surface area contributed by atoms with Crippen LogP contribution in [0.15, 0.2) is 58.6 Å². The summed E-state index contributed by atoms with van der Waals surface area (Å²) in [5, 5.41) is 10.7. The monoisotopic (exact) mass is 329 g/mol. The zero-order valence-corrected chi connectivity index (χ0v) is 13.6. The Morgan fingerprint density at radius 3 is 1.83 bits per heavy atom. The number of fused-ring (bicyclic) bond motifs is 2. The minimum Gasteiger partial charge on any atom is -0.249 e. The third kappa shape index (κ3) is 2.55. The molecular weight excluding hydrogens is 318 g/mol. The summed E-state index contributed by atoms with van der Waals surface area (Å²) in [5.41, 5.74) is 4.23. The van der Waals surface area contributed by atoms with Crippen LogP contribution in [0.2, 0.25) is 0 Å². The molecule has 4 rings (SSSR count). The highest BCUT2D eigenvalue weighted by Crippen LogP contribution is 2.30. The highest BCUT2D eigenvalue weighted by Gasteiger charge is 2.14. The number of hydrogen-bond donors (Lipinski definition) is 0. The van der Waals surface area contributed by atoms with Crippen molar-refractivity contribution in [3.8, 4) is 6.07 Å². The first-order valence-corrected chi connectivity index (χ1v) is 8.14. The largest absolute Gasteiger partial charge is 0.249 e. The van der Waals surface area contributed by atoms with Gasteiger partial charge >= 0.3 is 0 Å². The smallest absolute Gasteiger partial charge is 0.173 e. The van der Waals surface area contributed by atoms with E-state index in [0.717, 1.165) is 27.3 Å². The highest BCUT2D eigenvalue weighted by molar-refractivity contribution is 7.99. The van der Waals surface area contributed by atoms with Crippen LogP contribution in [-0.4, -0.2) is 19.9 Å². The Morgan fingerprint density at radius 1 is 0.750 bits per heavy atom. The average Bonchev–Trinajstić information content (AvgIpc) is 2.61. The molecule has 0 radical (unpaired) electrons. The molecule has 0 unspecified atom stereocenters. The summed E-state index contributed by atoms with van der Waals surface area (Å²) in [5.74, 6) is 0. The zero-order chi connectivity index (χ0) is 16.5. The van der Waals surface area contributed by atoms with E-state index in [1.807, 2.05) is 55.5 Å². The van der Waals surface area contributed by atoms with Crippen molar-refractivity contribution in [3.05, 3.63) is 59.9 Å². The predicted octanol–water partition coefficient (Wildman–Crippen LogP) is 3.90. The van der Waals surface area contributed by atoms with Gasteiger partial charge in [0.2, 0.25) is 0 Å². The van der Waals surface area contributed by atoms with E-state index in [-0.39, 0.29) is 0 Å². The fraction of sp³-hybridized carbons (Fsp3) is 0.0556. The molecule has 6 heteroatoms. The summed E-state index contributed by atoms with van der Waals surface area (Å²) in [6.07, 6.45) is 0. The van der Waals surface area contributed by atoms with E-state index in [1.54, 1.807) is 0 Å². The number of nitrogens with zero attached hydrogens (tertiary/aromatic N) is 5. The number of nitriles is 1. The van der Waals surface area contributed by atoms with Crippen LogP contribution in [-0.2, 0) is 0 Å². The van der Waals surface area contributed by atoms with Crippen molar-refractivity contribution < 1.29 is 0 Å². The van der Waals surface area contributed by atoms with Gasteiger partial charge in [-0.05, 0) is 43.0 Å². The summed E-state index contributed by atoms with van der Waals surface area (Å²) in [7, 11) is 0. The van der Waals surface area contributed by atoms with Crippen molar-refractivity contribution in [2.24, 2.45) is 0 Å². The van der Waals surface area contributed by atoms with Gasteiger partial charge in [0, 0.05) is 0 Å². The Labute approximate surface area is 142 Å². The minimum atomic E-state index is 0.299. The van der Waals surface area contributed by atoms with Crippen LogP contribution in [0.25, 0.3) is 22.1 Å². The van der Waals surface area contributed by atoms with Gasteiger partial charge in [-0.2, -0.15) is 5.26 Å². The summed E-state index contributed by atoms with van der Waals surface area (Å²) >= 11 is 1.33. The standard InChI is InChI=1S/C18H11N5S/c1-11-17(22-14-8-4-2-6-12(14)20-11)24-18-16(10-19)21-13-7-3-5-9-15(13)23-18/h2-9H,1H3. The molecule has 0 amide bonds. The minimum absolute atomic E-state index is 0.299. The molecule has 0 saturated carbocycles. The summed E-state index contributed by atoms with van der Waals surface area (Å²) in [4.78, 5) is 18.2. The number of benzene rings is 2.